The molecule has 0 aliphatic heterocycles. The number of pyridine rings is 1. The normalized spacial score (nSPS) is 10.7. The van der Waals surface area contributed by atoms with Gasteiger partial charge in [0, 0.05) is 36.8 Å². The molecular weight excluding hydrogens is 538 g/mol. The molecule has 1 N–H and O–H groups in total. The Kier molecular flexibility index (Phi) is 9.64. The second-order valence-corrected chi connectivity index (χ2v) is 10.3. The van der Waals surface area contributed by atoms with Crippen molar-refractivity contribution in [1.82, 2.24) is 9.88 Å². The summed E-state index contributed by atoms with van der Waals surface area (Å²) in [6, 6.07) is 33.1. The molecule has 0 bridgehead atoms. The van der Waals surface area contributed by atoms with Gasteiger partial charge in [0.2, 0.25) is 5.91 Å². The number of rotatable bonds is 12. The van der Waals surface area contributed by atoms with Gasteiger partial charge in [-0.2, -0.15) is 0 Å². The van der Waals surface area contributed by atoms with Gasteiger partial charge in [-0.05, 0) is 65.9 Å². The lowest BCUT2D eigenvalue weighted by atomic mass is 10.1. The lowest BCUT2D eigenvalue weighted by Crippen LogP contribution is -2.32. The summed E-state index contributed by atoms with van der Waals surface area (Å²) in [6.07, 6.45) is 3.27. The molecule has 5 aromatic rings. The molecule has 0 atom stereocenters. The zero-order chi connectivity index (χ0) is 30.0. The standard InChI is InChI=1S/C36H35N3O4/c1-42-33-18-14-27(22-34(33)43-2)15-19-35(40)39(25-28-8-4-3-5-9-28)21-20-26-12-16-31(17-13-26)38-36(41)30-23-29-10-6-7-11-32(29)37-24-30/h3-14,16-18,22-24H,15,19-21,25H2,1-2H3,(H,38,41). The molecule has 1 aromatic heterocycles. The minimum atomic E-state index is -0.208. The number of anilines is 1. The third-order valence-electron chi connectivity index (χ3n) is 7.38. The monoisotopic (exact) mass is 573 g/mol. The lowest BCUT2D eigenvalue weighted by Gasteiger charge is -2.23. The van der Waals surface area contributed by atoms with Crippen molar-refractivity contribution in [2.45, 2.75) is 25.8 Å². The van der Waals surface area contributed by atoms with Gasteiger partial charge in [0.05, 0.1) is 25.3 Å². The Morgan fingerprint density at radius 3 is 2.23 bits per heavy atom. The second-order valence-electron chi connectivity index (χ2n) is 10.3. The highest BCUT2D eigenvalue weighted by Crippen LogP contribution is 2.28. The number of nitrogens with one attached hydrogen (secondary N) is 1. The molecule has 7 nitrogen and oxygen atoms in total. The largest absolute Gasteiger partial charge is 0.493 e. The second kappa shape index (κ2) is 14.1. The molecule has 0 fully saturated rings. The summed E-state index contributed by atoms with van der Waals surface area (Å²) in [6.45, 7) is 1.12. The van der Waals surface area contributed by atoms with Gasteiger partial charge in [0.1, 0.15) is 0 Å². The van der Waals surface area contributed by atoms with Crippen molar-refractivity contribution in [2.75, 3.05) is 26.1 Å². The smallest absolute Gasteiger partial charge is 0.257 e. The van der Waals surface area contributed by atoms with Crippen molar-refractivity contribution in [3.8, 4) is 11.5 Å². The molecule has 4 aromatic carbocycles. The summed E-state index contributed by atoms with van der Waals surface area (Å²) in [5.41, 5.74) is 5.24. The molecule has 43 heavy (non-hydrogen) atoms. The Balaban J connectivity index is 1.20. The molecule has 0 unspecified atom stereocenters. The van der Waals surface area contributed by atoms with E-state index in [1.54, 1.807) is 20.4 Å². The zero-order valence-electron chi connectivity index (χ0n) is 24.5. The Bertz CT molecular complexity index is 1690. The van der Waals surface area contributed by atoms with E-state index >= 15 is 0 Å². The molecule has 5 rings (SSSR count). The van der Waals surface area contributed by atoms with E-state index in [1.165, 1.54) is 0 Å². The van der Waals surface area contributed by atoms with Crippen LogP contribution in [-0.2, 0) is 24.2 Å². The summed E-state index contributed by atoms with van der Waals surface area (Å²) >= 11 is 0. The lowest BCUT2D eigenvalue weighted by molar-refractivity contribution is -0.131. The van der Waals surface area contributed by atoms with Crippen LogP contribution in [0.1, 0.15) is 33.5 Å². The number of methoxy groups -OCH3 is 2. The third-order valence-corrected chi connectivity index (χ3v) is 7.38. The molecule has 0 radical (unpaired) electrons. The number of benzene rings is 4. The van der Waals surface area contributed by atoms with Crippen LogP contribution in [0.4, 0.5) is 5.69 Å². The maximum absolute atomic E-state index is 13.4. The fourth-order valence-corrected chi connectivity index (χ4v) is 4.96. The Hall–Kier alpha value is -5.17. The van der Waals surface area contributed by atoms with Crippen LogP contribution in [-0.4, -0.2) is 42.5 Å². The average Bonchev–Trinajstić information content (AvgIpc) is 3.06. The van der Waals surface area contributed by atoms with Crippen molar-refractivity contribution in [3.05, 3.63) is 132 Å². The molecule has 0 saturated heterocycles. The van der Waals surface area contributed by atoms with E-state index in [0.717, 1.165) is 27.6 Å². The summed E-state index contributed by atoms with van der Waals surface area (Å²) in [4.78, 5) is 32.6. The number of nitrogens with zero attached hydrogens (tertiary/aromatic N) is 2. The fraction of sp³-hybridized carbons (Fsp3) is 0.194. The topological polar surface area (TPSA) is 80.8 Å². The maximum atomic E-state index is 13.4. The molecule has 0 aliphatic rings. The first-order valence-corrected chi connectivity index (χ1v) is 14.3. The van der Waals surface area contributed by atoms with Crippen molar-refractivity contribution < 1.29 is 19.1 Å². The Labute approximate surface area is 252 Å². The number of para-hydroxylation sites is 1. The van der Waals surface area contributed by atoms with E-state index < -0.39 is 0 Å². The van der Waals surface area contributed by atoms with Gasteiger partial charge in [-0.25, -0.2) is 0 Å². The maximum Gasteiger partial charge on any atom is 0.257 e. The summed E-state index contributed by atoms with van der Waals surface area (Å²) in [5, 5.41) is 3.87. The van der Waals surface area contributed by atoms with Gasteiger partial charge in [0.25, 0.3) is 5.91 Å². The highest BCUT2D eigenvalue weighted by molar-refractivity contribution is 6.05. The molecule has 0 aliphatic carbocycles. The van der Waals surface area contributed by atoms with Gasteiger partial charge in [-0.15, -0.1) is 0 Å². The van der Waals surface area contributed by atoms with E-state index in [2.05, 4.69) is 10.3 Å². The SMILES string of the molecule is COc1ccc(CCC(=O)N(CCc2ccc(NC(=O)c3cnc4ccccc4c3)cc2)Cc2ccccc2)cc1OC. The number of carbonyl (C=O) groups excluding carboxylic acids is 2. The highest BCUT2D eigenvalue weighted by Gasteiger charge is 2.16. The van der Waals surface area contributed by atoms with E-state index in [-0.39, 0.29) is 11.8 Å². The summed E-state index contributed by atoms with van der Waals surface area (Å²) in [7, 11) is 3.22. The molecule has 7 heteroatoms. The molecule has 218 valence electrons. The third kappa shape index (κ3) is 7.77. The predicted octanol–water partition coefficient (Wildman–Crippen LogP) is 6.71. The minimum Gasteiger partial charge on any atom is -0.493 e. The molecule has 0 saturated carbocycles. The number of aryl methyl sites for hydroxylation is 1. The molecule has 1 heterocycles. The van der Waals surface area contributed by atoms with Crippen LogP contribution in [0.2, 0.25) is 0 Å². The van der Waals surface area contributed by atoms with E-state index in [4.69, 9.17) is 9.47 Å². The van der Waals surface area contributed by atoms with E-state index in [0.29, 0.717) is 55.1 Å². The van der Waals surface area contributed by atoms with Crippen molar-refractivity contribution >= 4 is 28.4 Å². The number of ether oxygens (including phenoxy) is 2. The number of carbonyl (C=O) groups is 2. The minimum absolute atomic E-state index is 0.0894. The number of hydrogen-bond acceptors (Lipinski definition) is 5. The van der Waals surface area contributed by atoms with Crippen LogP contribution >= 0.6 is 0 Å². The van der Waals surface area contributed by atoms with Crippen LogP contribution in [0.3, 0.4) is 0 Å². The summed E-state index contributed by atoms with van der Waals surface area (Å²) < 4.78 is 10.8. The number of fused-ring (bicyclic) bond motifs is 1. The van der Waals surface area contributed by atoms with Gasteiger partial charge in [-0.1, -0.05) is 66.7 Å². The number of aromatic nitrogens is 1. The van der Waals surface area contributed by atoms with Crippen LogP contribution in [0.15, 0.2) is 109 Å². The van der Waals surface area contributed by atoms with Crippen molar-refractivity contribution in [3.63, 3.8) is 0 Å². The van der Waals surface area contributed by atoms with Crippen LogP contribution in [0.5, 0.6) is 11.5 Å². The van der Waals surface area contributed by atoms with Crippen molar-refractivity contribution in [2.24, 2.45) is 0 Å². The number of hydrogen-bond donors (Lipinski definition) is 1. The number of amides is 2. The Morgan fingerprint density at radius 1 is 0.744 bits per heavy atom. The molecule has 2 amide bonds. The first-order chi connectivity index (χ1) is 21.0. The Morgan fingerprint density at radius 2 is 1.47 bits per heavy atom. The first-order valence-electron chi connectivity index (χ1n) is 14.3. The summed E-state index contributed by atoms with van der Waals surface area (Å²) in [5.74, 6) is 1.20. The first kappa shape index (κ1) is 29.3. The molecule has 0 spiro atoms. The van der Waals surface area contributed by atoms with Crippen LogP contribution < -0.4 is 14.8 Å². The van der Waals surface area contributed by atoms with Gasteiger partial charge < -0.3 is 19.7 Å². The quantitative estimate of drug-likeness (QED) is 0.180. The van der Waals surface area contributed by atoms with Crippen molar-refractivity contribution in [1.29, 1.82) is 0 Å². The van der Waals surface area contributed by atoms with Crippen LogP contribution in [0, 0.1) is 0 Å². The van der Waals surface area contributed by atoms with Gasteiger partial charge >= 0.3 is 0 Å². The fourth-order valence-electron chi connectivity index (χ4n) is 4.96. The van der Waals surface area contributed by atoms with Crippen LogP contribution in [0.25, 0.3) is 10.9 Å². The zero-order valence-corrected chi connectivity index (χ0v) is 24.5. The highest BCUT2D eigenvalue weighted by atomic mass is 16.5. The molecular formula is C36H35N3O4. The van der Waals surface area contributed by atoms with E-state index in [1.807, 2.05) is 108 Å². The average molecular weight is 574 g/mol. The predicted molar refractivity (Wildman–Crippen MR) is 170 cm³/mol. The van der Waals surface area contributed by atoms with E-state index in [9.17, 15) is 9.59 Å². The van der Waals surface area contributed by atoms with Gasteiger partial charge in [-0.3, -0.25) is 14.6 Å². The van der Waals surface area contributed by atoms with Gasteiger partial charge in [0.15, 0.2) is 11.5 Å².